The molecule has 0 bridgehead atoms. The molecule has 0 unspecified atom stereocenters. The van der Waals surface area contributed by atoms with Gasteiger partial charge < -0.3 is 4.74 Å². The number of thiazole rings is 1. The molecule has 22 heavy (non-hydrogen) atoms. The van der Waals surface area contributed by atoms with E-state index in [0.717, 1.165) is 0 Å². The smallest absolute Gasteiger partial charge is 0.433 e. The van der Waals surface area contributed by atoms with E-state index < -0.39 is 27.6 Å². The summed E-state index contributed by atoms with van der Waals surface area (Å²) in [7, 11) is 0. The number of nitrogens with zero attached hydrogens (tertiary/aromatic N) is 1. The molecule has 118 valence electrons. The number of hydrogen-bond acceptors (Lipinski definition) is 4. The topological polar surface area (TPSA) is 48.3 Å². The van der Waals surface area contributed by atoms with E-state index in [-0.39, 0.29) is 24.5 Å². The molecule has 0 atom stereocenters. The highest BCUT2D eigenvalue weighted by molar-refractivity contribution is 7.11. The van der Waals surface area contributed by atoms with Gasteiger partial charge in [0.25, 0.3) is 0 Å². The number of hydrogen-bond donors (Lipinski definition) is 0. The summed E-state index contributed by atoms with van der Waals surface area (Å²) in [5, 5.41) is 0. The Kier molecular flexibility index (Phi) is 4.70. The molecule has 2 rings (SSSR count). The Morgan fingerprint density at radius 1 is 1.27 bits per heavy atom. The maximum Gasteiger partial charge on any atom is 0.433 e. The number of ether oxygens (including phenoxy) is 1. The van der Waals surface area contributed by atoms with Crippen LogP contribution in [0, 0.1) is 0 Å². The first kappa shape index (κ1) is 16.3. The van der Waals surface area contributed by atoms with Gasteiger partial charge in [0.15, 0.2) is 5.69 Å². The third kappa shape index (κ3) is 3.38. The molecule has 0 aliphatic heterocycles. The van der Waals surface area contributed by atoms with Crippen molar-refractivity contribution in [3.8, 4) is 0 Å². The summed E-state index contributed by atoms with van der Waals surface area (Å²) in [4.78, 5) is 22.0. The molecule has 0 radical (unpaired) electrons. The average Bonchev–Trinajstić information content (AvgIpc) is 2.77. The van der Waals surface area contributed by atoms with Gasteiger partial charge in [-0.15, -0.1) is 0 Å². The van der Waals surface area contributed by atoms with Crippen molar-refractivity contribution in [1.82, 2.24) is 4.57 Å². The molecule has 8 heteroatoms. The van der Waals surface area contributed by atoms with Gasteiger partial charge >= 0.3 is 17.0 Å². The minimum Gasteiger partial charge on any atom is -0.462 e. The fourth-order valence-electron chi connectivity index (χ4n) is 1.93. The normalized spacial score (nSPS) is 11.5. The first-order valence-electron chi connectivity index (χ1n) is 6.36. The lowest BCUT2D eigenvalue weighted by Crippen LogP contribution is -2.23. The molecule has 4 nitrogen and oxygen atoms in total. The minimum atomic E-state index is -4.82. The standard InChI is InChI=1S/C14H12F3NO3S/c1-2-21-12(19)10-11(14(15,16)17)18(13(20)22-10)8-9-6-4-3-5-7-9/h3-7H,2,8H2,1H3. The molecule has 0 aliphatic rings. The molecule has 0 N–H and O–H groups in total. The molecule has 2 aromatic rings. The van der Waals surface area contributed by atoms with Crippen LogP contribution in [0.1, 0.15) is 27.9 Å². The first-order valence-corrected chi connectivity index (χ1v) is 7.18. The summed E-state index contributed by atoms with van der Waals surface area (Å²) in [6.45, 7) is 1.15. The molecule has 1 heterocycles. The third-order valence-corrected chi connectivity index (χ3v) is 3.77. The van der Waals surface area contributed by atoms with Crippen LogP contribution in [0.5, 0.6) is 0 Å². The molecule has 1 aromatic heterocycles. The summed E-state index contributed by atoms with van der Waals surface area (Å²) < 4.78 is 45.0. The third-order valence-electron chi connectivity index (χ3n) is 2.81. The minimum absolute atomic E-state index is 0.0685. The zero-order chi connectivity index (χ0) is 16.3. The molecule has 0 aliphatic carbocycles. The van der Waals surface area contributed by atoms with Crippen LogP contribution in [-0.2, 0) is 17.5 Å². The van der Waals surface area contributed by atoms with Crippen molar-refractivity contribution in [2.24, 2.45) is 0 Å². The summed E-state index contributed by atoms with van der Waals surface area (Å²) in [5.41, 5.74) is -0.729. The number of alkyl halides is 3. The van der Waals surface area contributed by atoms with E-state index in [1.54, 1.807) is 30.3 Å². The molecule has 0 spiro atoms. The number of aromatic nitrogens is 1. The zero-order valence-corrected chi connectivity index (χ0v) is 12.3. The Hall–Kier alpha value is -2.09. The fraction of sp³-hybridized carbons (Fsp3) is 0.286. The van der Waals surface area contributed by atoms with Gasteiger partial charge in [-0.25, -0.2) is 4.79 Å². The van der Waals surface area contributed by atoms with Gasteiger partial charge in [-0.05, 0) is 12.5 Å². The summed E-state index contributed by atoms with van der Waals surface area (Å²) >= 11 is 0.248. The number of halogens is 3. The molecular weight excluding hydrogens is 319 g/mol. The van der Waals surface area contributed by atoms with Crippen molar-refractivity contribution in [3.05, 3.63) is 56.1 Å². The van der Waals surface area contributed by atoms with Crippen LogP contribution in [0.25, 0.3) is 0 Å². The lowest BCUT2D eigenvalue weighted by Gasteiger charge is -2.12. The summed E-state index contributed by atoms with van der Waals surface area (Å²) in [6, 6.07) is 8.25. The Morgan fingerprint density at radius 2 is 1.91 bits per heavy atom. The number of carbonyl (C=O) groups is 1. The fourth-order valence-corrected chi connectivity index (χ4v) is 2.84. The molecule has 0 fully saturated rings. The van der Waals surface area contributed by atoms with Crippen LogP contribution in [0.15, 0.2) is 35.1 Å². The molecule has 0 saturated carbocycles. The van der Waals surface area contributed by atoms with E-state index in [9.17, 15) is 22.8 Å². The van der Waals surface area contributed by atoms with Crippen LogP contribution in [0.4, 0.5) is 13.2 Å². The van der Waals surface area contributed by atoms with Gasteiger partial charge in [-0.3, -0.25) is 9.36 Å². The van der Waals surface area contributed by atoms with Gasteiger partial charge in [-0.2, -0.15) is 13.2 Å². The van der Waals surface area contributed by atoms with Gasteiger partial charge in [-0.1, -0.05) is 41.7 Å². The molecule has 0 saturated heterocycles. The lowest BCUT2D eigenvalue weighted by molar-refractivity contribution is -0.144. The van der Waals surface area contributed by atoms with Gasteiger partial charge in [0.05, 0.1) is 13.2 Å². The zero-order valence-electron chi connectivity index (χ0n) is 11.5. The van der Waals surface area contributed by atoms with E-state index in [2.05, 4.69) is 4.74 Å². The highest BCUT2D eigenvalue weighted by Crippen LogP contribution is 2.34. The van der Waals surface area contributed by atoms with Gasteiger partial charge in [0.2, 0.25) is 0 Å². The van der Waals surface area contributed by atoms with Crippen molar-refractivity contribution in [3.63, 3.8) is 0 Å². The number of esters is 1. The van der Waals surface area contributed by atoms with Crippen molar-refractivity contribution in [2.45, 2.75) is 19.6 Å². The monoisotopic (exact) mass is 331 g/mol. The van der Waals surface area contributed by atoms with E-state index >= 15 is 0 Å². The molecular formula is C14H12F3NO3S. The van der Waals surface area contributed by atoms with Crippen LogP contribution < -0.4 is 4.87 Å². The highest BCUT2D eigenvalue weighted by atomic mass is 32.1. The maximum absolute atomic E-state index is 13.3. The molecule has 0 amide bonds. The predicted molar refractivity (Wildman–Crippen MR) is 75.1 cm³/mol. The number of carbonyl (C=O) groups excluding carboxylic acids is 1. The first-order chi connectivity index (χ1) is 10.3. The van der Waals surface area contributed by atoms with Crippen LogP contribution in [-0.4, -0.2) is 17.1 Å². The van der Waals surface area contributed by atoms with E-state index in [0.29, 0.717) is 10.1 Å². The van der Waals surface area contributed by atoms with Crippen molar-refractivity contribution in [1.29, 1.82) is 0 Å². The quantitative estimate of drug-likeness (QED) is 0.809. The predicted octanol–water partition coefficient (Wildman–Crippen LogP) is 3.15. The van der Waals surface area contributed by atoms with Gasteiger partial charge in [0.1, 0.15) is 4.88 Å². The van der Waals surface area contributed by atoms with E-state index in [4.69, 9.17) is 0 Å². The van der Waals surface area contributed by atoms with Gasteiger partial charge in [0, 0.05) is 0 Å². The average molecular weight is 331 g/mol. The van der Waals surface area contributed by atoms with E-state index in [1.807, 2.05) is 0 Å². The summed E-state index contributed by atoms with van der Waals surface area (Å²) in [6.07, 6.45) is -4.82. The number of benzene rings is 1. The largest absolute Gasteiger partial charge is 0.462 e. The lowest BCUT2D eigenvalue weighted by atomic mass is 10.2. The second kappa shape index (κ2) is 6.35. The van der Waals surface area contributed by atoms with E-state index in [1.165, 1.54) is 6.92 Å². The van der Waals surface area contributed by atoms with Crippen molar-refractivity contribution >= 4 is 17.3 Å². The van der Waals surface area contributed by atoms with Crippen LogP contribution in [0.3, 0.4) is 0 Å². The SMILES string of the molecule is CCOC(=O)c1sc(=O)n(Cc2ccccc2)c1C(F)(F)F. The Labute approximate surface area is 127 Å². The maximum atomic E-state index is 13.3. The summed E-state index contributed by atoms with van der Waals surface area (Å²) in [5.74, 6) is -1.14. The second-order valence-electron chi connectivity index (χ2n) is 4.34. The second-order valence-corrected chi connectivity index (χ2v) is 5.30. The Morgan fingerprint density at radius 3 is 2.45 bits per heavy atom. The van der Waals surface area contributed by atoms with Crippen LogP contribution in [0.2, 0.25) is 0 Å². The Bertz CT molecular complexity index is 719. The van der Waals surface area contributed by atoms with Crippen molar-refractivity contribution < 1.29 is 22.7 Å². The highest BCUT2D eigenvalue weighted by Gasteiger charge is 2.41. The molecule has 1 aromatic carbocycles. The Balaban J connectivity index is 2.54. The van der Waals surface area contributed by atoms with Crippen molar-refractivity contribution in [2.75, 3.05) is 6.61 Å². The van der Waals surface area contributed by atoms with Crippen LogP contribution >= 0.6 is 11.3 Å². The number of rotatable bonds is 4.